The number of hydroxylamine groups is 2. The van der Waals surface area contributed by atoms with Crippen LogP contribution in [0.1, 0.15) is 34.6 Å². The highest BCUT2D eigenvalue weighted by atomic mass is 16.5. The molecule has 0 spiro atoms. The molecule has 0 saturated heterocycles. The number of nitrogens with zero attached hydrogens (tertiary/aromatic N) is 4. The van der Waals surface area contributed by atoms with Crippen LogP contribution in [0, 0.1) is 0 Å². The van der Waals surface area contributed by atoms with Gasteiger partial charge in [-0.3, -0.25) is 0 Å². The summed E-state index contributed by atoms with van der Waals surface area (Å²) in [5.41, 5.74) is 8.26. The summed E-state index contributed by atoms with van der Waals surface area (Å²) >= 11 is 0. The zero-order chi connectivity index (χ0) is 16.3. The summed E-state index contributed by atoms with van der Waals surface area (Å²) in [7, 11) is 0. The van der Waals surface area contributed by atoms with E-state index in [-0.39, 0.29) is 18.7 Å². The van der Waals surface area contributed by atoms with Gasteiger partial charge >= 0.3 is 5.97 Å². The third kappa shape index (κ3) is 3.64. The molecule has 1 aliphatic rings. The van der Waals surface area contributed by atoms with Gasteiger partial charge in [0.05, 0.1) is 24.2 Å². The molecule has 0 aromatic heterocycles. The molecule has 0 unspecified atom stereocenters. The fraction of sp³-hybridized carbons (Fsp3) is 0.643. The number of azide groups is 1. The number of hydrogen-bond donors (Lipinski definition) is 1. The molecule has 21 heavy (non-hydrogen) atoms. The van der Waals surface area contributed by atoms with Gasteiger partial charge in [-0.2, -0.15) is 5.06 Å². The van der Waals surface area contributed by atoms with Crippen molar-refractivity contribution in [3.63, 3.8) is 0 Å². The predicted octanol–water partition coefficient (Wildman–Crippen LogP) is 2.97. The van der Waals surface area contributed by atoms with Gasteiger partial charge in [-0.05, 0) is 51.8 Å². The number of carbonyl (C=O) groups is 1. The maximum atomic E-state index is 11.9. The topological polar surface area (TPSA) is 98.5 Å². The van der Waals surface area contributed by atoms with E-state index >= 15 is 0 Å². The highest BCUT2D eigenvalue weighted by Crippen LogP contribution is 2.39. The molecule has 1 heterocycles. The Morgan fingerprint density at radius 1 is 1.52 bits per heavy atom. The van der Waals surface area contributed by atoms with Gasteiger partial charge in [0.15, 0.2) is 0 Å². The van der Waals surface area contributed by atoms with Gasteiger partial charge < -0.3 is 9.94 Å². The minimum absolute atomic E-state index is 0.0887. The van der Waals surface area contributed by atoms with E-state index in [1.54, 1.807) is 13.0 Å². The highest BCUT2D eigenvalue weighted by Gasteiger charge is 2.44. The van der Waals surface area contributed by atoms with Crippen LogP contribution in [0.25, 0.3) is 10.4 Å². The molecule has 0 atom stereocenters. The molecule has 0 radical (unpaired) electrons. The number of esters is 1. The second-order valence-corrected chi connectivity index (χ2v) is 5.90. The molecule has 0 bridgehead atoms. The van der Waals surface area contributed by atoms with Crippen molar-refractivity contribution in [3.8, 4) is 0 Å². The van der Waals surface area contributed by atoms with E-state index in [0.717, 1.165) is 5.57 Å². The zero-order valence-electron chi connectivity index (χ0n) is 13.1. The van der Waals surface area contributed by atoms with E-state index in [9.17, 15) is 10.0 Å². The lowest BCUT2D eigenvalue weighted by Gasteiger charge is -2.35. The molecular weight excluding hydrogens is 272 g/mol. The monoisotopic (exact) mass is 294 g/mol. The Balaban J connectivity index is 3.20. The van der Waals surface area contributed by atoms with Gasteiger partial charge in [0.1, 0.15) is 0 Å². The average Bonchev–Trinajstić information content (AvgIpc) is 2.55. The van der Waals surface area contributed by atoms with Crippen molar-refractivity contribution in [3.05, 3.63) is 33.7 Å². The van der Waals surface area contributed by atoms with Crippen LogP contribution in [-0.2, 0) is 9.53 Å². The number of carbonyl (C=O) groups excluding carboxylic acids is 1. The summed E-state index contributed by atoms with van der Waals surface area (Å²) in [6.45, 7) is 9.29. The molecule has 1 N–H and O–H groups in total. The Morgan fingerprint density at radius 2 is 2.14 bits per heavy atom. The Bertz CT molecular complexity index is 528. The van der Waals surface area contributed by atoms with Crippen LogP contribution < -0.4 is 0 Å². The average molecular weight is 294 g/mol. The first kappa shape index (κ1) is 17.2. The van der Waals surface area contributed by atoms with Crippen molar-refractivity contribution in [1.29, 1.82) is 0 Å². The molecular formula is C14H22N4O3. The minimum atomic E-state index is -0.655. The van der Waals surface area contributed by atoms with Gasteiger partial charge in [0.25, 0.3) is 0 Å². The molecule has 1 rings (SSSR count). The molecule has 0 fully saturated rings. The SMILES string of the molecule is CCOC(=O)/C(=C/C1=CC(C)(C)N(O)C1(C)C)CN=[N+]=[N-]. The lowest BCUT2D eigenvalue weighted by molar-refractivity contribution is -0.184. The summed E-state index contributed by atoms with van der Waals surface area (Å²) in [5, 5.41) is 14.9. The number of rotatable bonds is 5. The predicted molar refractivity (Wildman–Crippen MR) is 78.6 cm³/mol. The van der Waals surface area contributed by atoms with E-state index in [2.05, 4.69) is 10.0 Å². The highest BCUT2D eigenvalue weighted by molar-refractivity contribution is 5.89. The Labute approximate surface area is 124 Å². The summed E-state index contributed by atoms with van der Waals surface area (Å²) in [6, 6.07) is 0. The van der Waals surface area contributed by atoms with Crippen molar-refractivity contribution < 1.29 is 14.7 Å². The van der Waals surface area contributed by atoms with Gasteiger partial charge in [0, 0.05) is 10.5 Å². The standard InChI is InChI=1S/C14H22N4O3/c1-6-21-12(19)10(9-16-17-15)7-11-8-13(2,3)18(20)14(11,4)5/h7-8,20H,6,9H2,1-5H3/b10-7+. The normalized spacial score (nSPS) is 20.7. The Kier molecular flexibility index (Phi) is 5.17. The van der Waals surface area contributed by atoms with Gasteiger partial charge in [0.2, 0.25) is 0 Å². The quantitative estimate of drug-likeness (QED) is 0.277. The van der Waals surface area contributed by atoms with Crippen molar-refractivity contribution >= 4 is 5.97 Å². The molecule has 0 aliphatic carbocycles. The maximum absolute atomic E-state index is 11.9. The van der Waals surface area contributed by atoms with Crippen LogP contribution in [0.4, 0.5) is 0 Å². The first-order chi connectivity index (χ1) is 9.66. The first-order valence-corrected chi connectivity index (χ1v) is 6.78. The van der Waals surface area contributed by atoms with Crippen molar-refractivity contribution in [1.82, 2.24) is 5.06 Å². The summed E-state index contributed by atoms with van der Waals surface area (Å²) in [4.78, 5) is 14.6. The number of hydrogen-bond acceptors (Lipinski definition) is 5. The van der Waals surface area contributed by atoms with Crippen LogP contribution >= 0.6 is 0 Å². The summed E-state index contributed by atoms with van der Waals surface area (Å²) in [5.74, 6) is -0.518. The third-order valence-corrected chi connectivity index (χ3v) is 3.46. The summed E-state index contributed by atoms with van der Waals surface area (Å²) in [6.07, 6.45) is 3.51. The second kappa shape index (κ2) is 6.30. The zero-order valence-corrected chi connectivity index (χ0v) is 13.1. The van der Waals surface area contributed by atoms with E-state index in [4.69, 9.17) is 10.3 Å². The molecule has 1 aliphatic heterocycles. The molecule has 0 aromatic carbocycles. The maximum Gasteiger partial charge on any atom is 0.334 e. The molecule has 7 nitrogen and oxygen atoms in total. The van der Waals surface area contributed by atoms with Crippen LogP contribution in [0.3, 0.4) is 0 Å². The van der Waals surface area contributed by atoms with E-state index in [0.29, 0.717) is 0 Å². The van der Waals surface area contributed by atoms with Crippen molar-refractivity contribution in [2.45, 2.75) is 45.7 Å². The Morgan fingerprint density at radius 3 is 2.57 bits per heavy atom. The van der Waals surface area contributed by atoms with Crippen LogP contribution in [0.15, 0.2) is 28.4 Å². The largest absolute Gasteiger partial charge is 0.463 e. The minimum Gasteiger partial charge on any atom is -0.463 e. The number of ether oxygens (including phenoxy) is 1. The summed E-state index contributed by atoms with van der Waals surface area (Å²) < 4.78 is 4.96. The lowest BCUT2D eigenvalue weighted by Crippen LogP contribution is -2.47. The van der Waals surface area contributed by atoms with Crippen LogP contribution in [0.2, 0.25) is 0 Å². The van der Waals surface area contributed by atoms with Gasteiger partial charge in [-0.15, -0.1) is 0 Å². The first-order valence-electron chi connectivity index (χ1n) is 6.78. The third-order valence-electron chi connectivity index (χ3n) is 3.46. The van der Waals surface area contributed by atoms with Crippen LogP contribution in [-0.4, -0.2) is 40.5 Å². The fourth-order valence-electron chi connectivity index (χ4n) is 2.37. The molecule has 7 heteroatoms. The molecule has 0 amide bonds. The van der Waals surface area contributed by atoms with Crippen molar-refractivity contribution in [2.24, 2.45) is 5.11 Å². The molecule has 116 valence electrons. The van der Waals surface area contributed by atoms with Crippen molar-refractivity contribution in [2.75, 3.05) is 13.2 Å². The fourth-order valence-corrected chi connectivity index (χ4v) is 2.37. The van der Waals surface area contributed by atoms with Gasteiger partial charge in [-0.25, -0.2) is 4.79 Å². The molecule has 0 aromatic rings. The van der Waals surface area contributed by atoms with E-state index in [1.165, 1.54) is 5.06 Å². The second-order valence-electron chi connectivity index (χ2n) is 5.90. The van der Waals surface area contributed by atoms with Gasteiger partial charge in [-0.1, -0.05) is 11.2 Å². The lowest BCUT2D eigenvalue weighted by atomic mass is 9.94. The van der Waals surface area contributed by atoms with E-state index < -0.39 is 17.0 Å². The molecule has 0 saturated carbocycles. The van der Waals surface area contributed by atoms with E-state index in [1.807, 2.05) is 33.8 Å². The Hall–Kier alpha value is -1.82. The van der Waals surface area contributed by atoms with Crippen LogP contribution in [0.5, 0.6) is 0 Å². The smallest absolute Gasteiger partial charge is 0.334 e.